The zero-order chi connectivity index (χ0) is 12.3. The van der Waals surface area contributed by atoms with Gasteiger partial charge < -0.3 is 9.84 Å². The third-order valence-electron chi connectivity index (χ3n) is 3.12. The van der Waals surface area contributed by atoms with E-state index in [0.29, 0.717) is 6.61 Å². The average molecular weight is 229 g/mol. The summed E-state index contributed by atoms with van der Waals surface area (Å²) in [4.78, 5) is 13.1. The van der Waals surface area contributed by atoms with Crippen LogP contribution in [0.5, 0.6) is 0 Å². The maximum absolute atomic E-state index is 10.9. The lowest BCUT2D eigenvalue weighted by Crippen LogP contribution is -2.36. The fraction of sp³-hybridized carbons (Fsp3) is 0.917. The van der Waals surface area contributed by atoms with Gasteiger partial charge in [0.2, 0.25) is 0 Å². The summed E-state index contributed by atoms with van der Waals surface area (Å²) in [6.45, 7) is 10.4. The molecule has 0 aromatic rings. The highest BCUT2D eigenvalue weighted by atomic mass is 16.5. The van der Waals surface area contributed by atoms with Crippen molar-refractivity contribution in [1.29, 1.82) is 0 Å². The second kappa shape index (κ2) is 5.15. The standard InChI is InChI=1S/C12H23NO3/c1-9-10(11(14)15)5-6-13(9)7-8-16-12(2,3)4/h9-10H,5-8H2,1-4H3,(H,14,15). The van der Waals surface area contributed by atoms with Gasteiger partial charge in [-0.2, -0.15) is 0 Å². The predicted octanol–water partition coefficient (Wildman–Crippen LogP) is 1.60. The van der Waals surface area contributed by atoms with Crippen LogP contribution in [0.3, 0.4) is 0 Å². The number of nitrogens with zero attached hydrogens (tertiary/aromatic N) is 1. The van der Waals surface area contributed by atoms with Crippen LogP contribution >= 0.6 is 0 Å². The van der Waals surface area contributed by atoms with E-state index < -0.39 is 5.97 Å². The first-order chi connectivity index (χ1) is 7.31. The Morgan fingerprint density at radius 1 is 1.50 bits per heavy atom. The summed E-state index contributed by atoms with van der Waals surface area (Å²) in [7, 11) is 0. The van der Waals surface area contributed by atoms with Crippen molar-refractivity contribution in [1.82, 2.24) is 4.90 Å². The molecule has 0 bridgehead atoms. The van der Waals surface area contributed by atoms with Crippen molar-refractivity contribution in [2.75, 3.05) is 19.7 Å². The highest BCUT2D eigenvalue weighted by Crippen LogP contribution is 2.23. The van der Waals surface area contributed by atoms with Crippen molar-refractivity contribution in [3.05, 3.63) is 0 Å². The number of carboxylic acid groups (broad SMARTS) is 1. The molecule has 2 atom stereocenters. The Labute approximate surface area is 97.6 Å². The molecule has 1 aliphatic heterocycles. The third kappa shape index (κ3) is 3.76. The maximum atomic E-state index is 10.9. The molecule has 1 heterocycles. The second-order valence-corrected chi connectivity index (χ2v) is 5.47. The van der Waals surface area contributed by atoms with Crippen LogP contribution in [0.25, 0.3) is 0 Å². The topological polar surface area (TPSA) is 49.8 Å². The zero-order valence-electron chi connectivity index (χ0n) is 10.7. The van der Waals surface area contributed by atoms with Gasteiger partial charge in [-0.15, -0.1) is 0 Å². The van der Waals surface area contributed by atoms with Crippen LogP contribution in [0.15, 0.2) is 0 Å². The maximum Gasteiger partial charge on any atom is 0.308 e. The van der Waals surface area contributed by atoms with Crippen LogP contribution in [0.4, 0.5) is 0 Å². The van der Waals surface area contributed by atoms with Crippen LogP contribution in [-0.4, -0.2) is 47.3 Å². The SMILES string of the molecule is CC1C(C(=O)O)CCN1CCOC(C)(C)C. The van der Waals surface area contributed by atoms with Crippen LogP contribution < -0.4 is 0 Å². The van der Waals surface area contributed by atoms with Crippen LogP contribution in [-0.2, 0) is 9.53 Å². The van der Waals surface area contributed by atoms with E-state index in [-0.39, 0.29) is 17.6 Å². The first kappa shape index (κ1) is 13.5. The summed E-state index contributed by atoms with van der Waals surface area (Å²) in [5.41, 5.74) is -0.116. The molecule has 1 saturated heterocycles. The molecule has 0 saturated carbocycles. The van der Waals surface area contributed by atoms with Crippen LogP contribution in [0.1, 0.15) is 34.1 Å². The summed E-state index contributed by atoms with van der Waals surface area (Å²) < 4.78 is 5.65. The summed E-state index contributed by atoms with van der Waals surface area (Å²) in [6, 6.07) is 0.126. The van der Waals surface area contributed by atoms with Crippen LogP contribution in [0, 0.1) is 5.92 Å². The fourth-order valence-corrected chi connectivity index (χ4v) is 2.12. The van der Waals surface area contributed by atoms with Gasteiger partial charge in [-0.25, -0.2) is 0 Å². The van der Waals surface area contributed by atoms with Gasteiger partial charge in [-0.1, -0.05) is 0 Å². The van der Waals surface area contributed by atoms with E-state index in [1.807, 2.05) is 27.7 Å². The highest BCUT2D eigenvalue weighted by Gasteiger charge is 2.35. The van der Waals surface area contributed by atoms with Gasteiger partial charge in [-0.3, -0.25) is 9.69 Å². The zero-order valence-corrected chi connectivity index (χ0v) is 10.7. The molecule has 0 radical (unpaired) electrons. The summed E-state index contributed by atoms with van der Waals surface area (Å²) >= 11 is 0. The molecule has 0 spiro atoms. The van der Waals surface area contributed by atoms with Crippen molar-refractivity contribution in [3.63, 3.8) is 0 Å². The van der Waals surface area contributed by atoms with E-state index in [1.165, 1.54) is 0 Å². The van der Waals surface area contributed by atoms with Crippen molar-refractivity contribution in [3.8, 4) is 0 Å². The van der Waals surface area contributed by atoms with E-state index in [4.69, 9.17) is 9.84 Å². The highest BCUT2D eigenvalue weighted by molar-refractivity contribution is 5.71. The molecule has 0 amide bonds. The summed E-state index contributed by atoms with van der Waals surface area (Å²) in [6.07, 6.45) is 0.756. The Hall–Kier alpha value is -0.610. The van der Waals surface area contributed by atoms with Gasteiger partial charge in [0, 0.05) is 12.6 Å². The summed E-state index contributed by atoms with van der Waals surface area (Å²) in [5, 5.41) is 9.00. The van der Waals surface area contributed by atoms with Gasteiger partial charge in [0.1, 0.15) is 0 Å². The lowest BCUT2D eigenvalue weighted by atomic mass is 10.0. The minimum atomic E-state index is -0.674. The number of likely N-dealkylation sites (tertiary alicyclic amines) is 1. The second-order valence-electron chi connectivity index (χ2n) is 5.47. The molecule has 2 unspecified atom stereocenters. The molecule has 0 aliphatic carbocycles. The van der Waals surface area contributed by atoms with E-state index in [0.717, 1.165) is 19.5 Å². The van der Waals surface area contributed by atoms with E-state index >= 15 is 0 Å². The van der Waals surface area contributed by atoms with Crippen molar-refractivity contribution < 1.29 is 14.6 Å². The Morgan fingerprint density at radius 2 is 2.12 bits per heavy atom. The molecule has 4 nitrogen and oxygen atoms in total. The number of aliphatic carboxylic acids is 1. The molecule has 4 heteroatoms. The Bertz CT molecular complexity index is 247. The number of ether oxygens (including phenoxy) is 1. The predicted molar refractivity (Wildman–Crippen MR) is 62.5 cm³/mol. The third-order valence-corrected chi connectivity index (χ3v) is 3.12. The number of carboxylic acids is 1. The first-order valence-corrected chi connectivity index (χ1v) is 5.92. The normalized spacial score (nSPS) is 27.2. The molecule has 1 fully saturated rings. The molecule has 94 valence electrons. The summed E-state index contributed by atoms with van der Waals surface area (Å²) in [5.74, 6) is -0.888. The van der Waals surface area contributed by atoms with Gasteiger partial charge in [0.25, 0.3) is 0 Å². The quantitative estimate of drug-likeness (QED) is 0.795. The van der Waals surface area contributed by atoms with Crippen molar-refractivity contribution in [2.24, 2.45) is 5.92 Å². The Kier molecular flexibility index (Phi) is 4.33. The molecule has 1 N–H and O–H groups in total. The molecular weight excluding hydrogens is 206 g/mol. The minimum Gasteiger partial charge on any atom is -0.481 e. The lowest BCUT2D eigenvalue weighted by molar-refractivity contribution is -0.142. The number of hydrogen-bond acceptors (Lipinski definition) is 3. The number of rotatable bonds is 4. The number of carbonyl (C=O) groups is 1. The Morgan fingerprint density at radius 3 is 2.56 bits per heavy atom. The fourth-order valence-electron chi connectivity index (χ4n) is 2.12. The van der Waals surface area contributed by atoms with Gasteiger partial charge in [0.05, 0.1) is 18.1 Å². The lowest BCUT2D eigenvalue weighted by Gasteiger charge is -2.25. The smallest absolute Gasteiger partial charge is 0.308 e. The molecule has 1 rings (SSSR count). The van der Waals surface area contributed by atoms with Crippen molar-refractivity contribution >= 4 is 5.97 Å². The Balaban J connectivity index is 2.32. The van der Waals surface area contributed by atoms with E-state index in [1.54, 1.807) is 0 Å². The minimum absolute atomic E-state index is 0.116. The largest absolute Gasteiger partial charge is 0.481 e. The molecule has 1 aliphatic rings. The molecule has 0 aromatic heterocycles. The molecule has 16 heavy (non-hydrogen) atoms. The van der Waals surface area contributed by atoms with E-state index in [2.05, 4.69) is 4.90 Å². The first-order valence-electron chi connectivity index (χ1n) is 5.92. The van der Waals surface area contributed by atoms with Gasteiger partial charge >= 0.3 is 5.97 Å². The number of hydrogen-bond donors (Lipinski definition) is 1. The molecular formula is C12H23NO3. The average Bonchev–Trinajstić information content (AvgIpc) is 2.46. The van der Waals surface area contributed by atoms with Crippen LogP contribution in [0.2, 0.25) is 0 Å². The molecule has 0 aromatic carbocycles. The van der Waals surface area contributed by atoms with Gasteiger partial charge in [0.15, 0.2) is 0 Å². The van der Waals surface area contributed by atoms with Crippen molar-refractivity contribution in [2.45, 2.75) is 45.8 Å². The van der Waals surface area contributed by atoms with E-state index in [9.17, 15) is 4.79 Å². The van der Waals surface area contributed by atoms with Gasteiger partial charge in [-0.05, 0) is 40.7 Å². The monoisotopic (exact) mass is 229 g/mol.